The van der Waals surface area contributed by atoms with Crippen LogP contribution >= 0.6 is 0 Å². The molecule has 0 unspecified atom stereocenters. The zero-order valence-corrected chi connectivity index (χ0v) is 10.0. The smallest absolute Gasteiger partial charge is 0.0576 e. The van der Waals surface area contributed by atoms with Gasteiger partial charge in [0.2, 0.25) is 0 Å². The Morgan fingerprint density at radius 1 is 1.07 bits per heavy atom. The van der Waals surface area contributed by atoms with Gasteiger partial charge in [0.15, 0.2) is 0 Å². The van der Waals surface area contributed by atoms with Crippen LogP contribution in [0, 0.1) is 5.92 Å². The summed E-state index contributed by atoms with van der Waals surface area (Å²) in [5, 5.41) is 3.61. The standard InChI is InChI=1S/C13H25NO/c1-2-9-14-12-5-7-13(8-6-12)15-10-11-3-4-11/h11-14H,2-10H2,1H3. The quantitative estimate of drug-likeness (QED) is 0.729. The molecule has 15 heavy (non-hydrogen) atoms. The van der Waals surface area contributed by atoms with Crippen molar-refractivity contribution in [1.29, 1.82) is 0 Å². The van der Waals surface area contributed by atoms with Gasteiger partial charge in [0.05, 0.1) is 6.10 Å². The van der Waals surface area contributed by atoms with Gasteiger partial charge in [-0.2, -0.15) is 0 Å². The van der Waals surface area contributed by atoms with Gasteiger partial charge >= 0.3 is 0 Å². The first-order valence-electron chi connectivity index (χ1n) is 6.73. The van der Waals surface area contributed by atoms with Crippen LogP contribution < -0.4 is 5.32 Å². The van der Waals surface area contributed by atoms with Gasteiger partial charge in [-0.3, -0.25) is 0 Å². The van der Waals surface area contributed by atoms with Crippen LogP contribution in [0.4, 0.5) is 0 Å². The van der Waals surface area contributed by atoms with E-state index in [4.69, 9.17) is 4.74 Å². The predicted molar refractivity (Wildman–Crippen MR) is 63.0 cm³/mol. The van der Waals surface area contributed by atoms with Crippen LogP contribution in [-0.2, 0) is 4.74 Å². The predicted octanol–water partition coefficient (Wildman–Crippen LogP) is 2.72. The largest absolute Gasteiger partial charge is 0.378 e. The first-order valence-corrected chi connectivity index (χ1v) is 6.73. The number of rotatable bonds is 6. The van der Waals surface area contributed by atoms with Crippen LogP contribution in [0.25, 0.3) is 0 Å². The lowest BCUT2D eigenvalue weighted by Gasteiger charge is -2.29. The van der Waals surface area contributed by atoms with Crippen molar-refractivity contribution in [3.63, 3.8) is 0 Å². The van der Waals surface area contributed by atoms with Crippen LogP contribution in [0.5, 0.6) is 0 Å². The van der Waals surface area contributed by atoms with Crippen molar-refractivity contribution in [1.82, 2.24) is 5.32 Å². The first-order chi connectivity index (χ1) is 7.38. The molecule has 1 N–H and O–H groups in total. The summed E-state index contributed by atoms with van der Waals surface area (Å²) in [6.07, 6.45) is 9.82. The number of hydrogen-bond acceptors (Lipinski definition) is 2. The topological polar surface area (TPSA) is 21.3 Å². The van der Waals surface area contributed by atoms with Crippen molar-refractivity contribution in [2.45, 2.75) is 64.0 Å². The molecule has 0 atom stereocenters. The minimum Gasteiger partial charge on any atom is -0.378 e. The Hall–Kier alpha value is -0.0800. The summed E-state index contributed by atoms with van der Waals surface area (Å²) in [5.74, 6) is 0.918. The molecular formula is C13H25NO. The molecule has 0 bridgehead atoms. The fourth-order valence-corrected chi connectivity index (χ4v) is 2.34. The molecule has 0 spiro atoms. The third kappa shape index (κ3) is 4.12. The summed E-state index contributed by atoms with van der Waals surface area (Å²) in [6.45, 7) is 4.45. The Balaban J connectivity index is 1.54. The second-order valence-corrected chi connectivity index (χ2v) is 5.20. The molecule has 2 fully saturated rings. The summed E-state index contributed by atoms with van der Waals surface area (Å²) in [6, 6.07) is 0.769. The van der Waals surface area contributed by atoms with Crippen molar-refractivity contribution in [3.05, 3.63) is 0 Å². The number of hydrogen-bond donors (Lipinski definition) is 1. The molecule has 0 aromatic carbocycles. The summed E-state index contributed by atoms with van der Waals surface area (Å²) in [4.78, 5) is 0. The van der Waals surface area contributed by atoms with E-state index in [1.165, 1.54) is 51.5 Å². The second kappa shape index (κ2) is 5.86. The SMILES string of the molecule is CCCNC1CCC(OCC2CC2)CC1. The van der Waals surface area contributed by atoms with Crippen LogP contribution in [0.15, 0.2) is 0 Å². The van der Waals surface area contributed by atoms with Gasteiger partial charge in [0.25, 0.3) is 0 Å². The van der Waals surface area contributed by atoms with Crippen molar-refractivity contribution in [3.8, 4) is 0 Å². The maximum absolute atomic E-state index is 5.93. The van der Waals surface area contributed by atoms with E-state index in [-0.39, 0.29) is 0 Å². The molecule has 0 aromatic rings. The third-order valence-electron chi connectivity index (χ3n) is 3.62. The highest BCUT2D eigenvalue weighted by atomic mass is 16.5. The Kier molecular flexibility index (Phi) is 4.45. The second-order valence-electron chi connectivity index (χ2n) is 5.20. The molecular weight excluding hydrogens is 186 g/mol. The molecule has 88 valence electrons. The van der Waals surface area contributed by atoms with E-state index in [1.54, 1.807) is 0 Å². The Labute approximate surface area is 93.8 Å². The molecule has 2 aliphatic rings. The zero-order chi connectivity index (χ0) is 10.5. The van der Waals surface area contributed by atoms with E-state index in [0.29, 0.717) is 6.10 Å². The molecule has 0 aliphatic heterocycles. The Morgan fingerprint density at radius 3 is 2.40 bits per heavy atom. The highest BCUT2D eigenvalue weighted by molar-refractivity contribution is 4.79. The van der Waals surface area contributed by atoms with Crippen molar-refractivity contribution >= 4 is 0 Å². The highest BCUT2D eigenvalue weighted by Crippen LogP contribution is 2.30. The van der Waals surface area contributed by atoms with Gasteiger partial charge < -0.3 is 10.1 Å². The highest BCUT2D eigenvalue weighted by Gasteiger charge is 2.25. The molecule has 2 rings (SSSR count). The van der Waals surface area contributed by atoms with E-state index in [0.717, 1.165) is 18.6 Å². The monoisotopic (exact) mass is 211 g/mol. The zero-order valence-electron chi connectivity index (χ0n) is 10.0. The minimum atomic E-state index is 0.574. The summed E-state index contributed by atoms with van der Waals surface area (Å²) >= 11 is 0. The van der Waals surface area contributed by atoms with Gasteiger partial charge in [-0.15, -0.1) is 0 Å². The fourth-order valence-electron chi connectivity index (χ4n) is 2.34. The Bertz CT molecular complexity index is 171. The average molecular weight is 211 g/mol. The molecule has 2 heteroatoms. The lowest BCUT2D eigenvalue weighted by atomic mass is 9.93. The van der Waals surface area contributed by atoms with Gasteiger partial charge in [0, 0.05) is 12.6 Å². The molecule has 0 radical (unpaired) electrons. The summed E-state index contributed by atoms with van der Waals surface area (Å²) < 4.78 is 5.93. The molecule has 2 aliphatic carbocycles. The molecule has 0 amide bonds. The minimum absolute atomic E-state index is 0.574. The molecule has 0 aromatic heterocycles. The van der Waals surface area contributed by atoms with Gasteiger partial charge in [0.1, 0.15) is 0 Å². The van der Waals surface area contributed by atoms with Crippen molar-refractivity contribution < 1.29 is 4.74 Å². The van der Waals surface area contributed by atoms with E-state index in [1.807, 2.05) is 0 Å². The number of nitrogens with one attached hydrogen (secondary N) is 1. The maximum Gasteiger partial charge on any atom is 0.0576 e. The van der Waals surface area contributed by atoms with E-state index < -0.39 is 0 Å². The fraction of sp³-hybridized carbons (Fsp3) is 1.00. The number of ether oxygens (including phenoxy) is 1. The van der Waals surface area contributed by atoms with Gasteiger partial charge in [-0.1, -0.05) is 6.92 Å². The molecule has 2 saturated carbocycles. The van der Waals surface area contributed by atoms with Crippen LogP contribution in [0.2, 0.25) is 0 Å². The van der Waals surface area contributed by atoms with Gasteiger partial charge in [-0.05, 0) is 57.4 Å². The summed E-state index contributed by atoms with van der Waals surface area (Å²) in [5.41, 5.74) is 0. The lowest BCUT2D eigenvalue weighted by Crippen LogP contribution is -2.35. The summed E-state index contributed by atoms with van der Waals surface area (Å²) in [7, 11) is 0. The van der Waals surface area contributed by atoms with E-state index in [9.17, 15) is 0 Å². The third-order valence-corrected chi connectivity index (χ3v) is 3.62. The van der Waals surface area contributed by atoms with Gasteiger partial charge in [-0.25, -0.2) is 0 Å². The van der Waals surface area contributed by atoms with Crippen molar-refractivity contribution in [2.75, 3.05) is 13.2 Å². The molecule has 2 nitrogen and oxygen atoms in total. The Morgan fingerprint density at radius 2 is 1.80 bits per heavy atom. The van der Waals surface area contributed by atoms with Crippen molar-refractivity contribution in [2.24, 2.45) is 5.92 Å². The van der Waals surface area contributed by atoms with E-state index >= 15 is 0 Å². The maximum atomic E-state index is 5.93. The van der Waals surface area contributed by atoms with E-state index in [2.05, 4.69) is 12.2 Å². The normalized spacial score (nSPS) is 31.8. The lowest BCUT2D eigenvalue weighted by molar-refractivity contribution is 0.0166. The molecule has 0 saturated heterocycles. The average Bonchev–Trinajstić information content (AvgIpc) is 3.09. The van der Waals surface area contributed by atoms with Crippen LogP contribution in [0.3, 0.4) is 0 Å². The molecule has 0 heterocycles. The van der Waals surface area contributed by atoms with Crippen LogP contribution in [0.1, 0.15) is 51.9 Å². The van der Waals surface area contributed by atoms with Crippen LogP contribution in [-0.4, -0.2) is 25.3 Å². The first kappa shape index (κ1) is 11.4.